The van der Waals surface area contributed by atoms with Gasteiger partial charge in [0.2, 0.25) is 0 Å². The average Bonchev–Trinajstić information content (AvgIpc) is 2.15. The van der Waals surface area contributed by atoms with E-state index in [-0.39, 0.29) is 5.06 Å². The molecule has 66 valence electrons. The fourth-order valence-corrected chi connectivity index (χ4v) is 0.998. The first-order valence-corrected chi connectivity index (χ1v) is 3.63. The largest absolute Gasteiger partial charge is 0.281 e. The van der Waals surface area contributed by atoms with Crippen LogP contribution in [0.4, 0.5) is 0 Å². The van der Waals surface area contributed by atoms with E-state index >= 15 is 0 Å². The van der Waals surface area contributed by atoms with E-state index in [9.17, 15) is 9.59 Å². The van der Waals surface area contributed by atoms with E-state index in [1.54, 1.807) is 0 Å². The third-order valence-electron chi connectivity index (χ3n) is 1.71. The number of nitrogens with zero attached hydrogens (tertiary/aromatic N) is 1. The molecule has 0 aromatic heterocycles. The lowest BCUT2D eigenvalue weighted by Crippen LogP contribution is -2.29. The zero-order chi connectivity index (χ0) is 9.52. The number of amides is 2. The zero-order valence-electron chi connectivity index (χ0n) is 7.29. The highest BCUT2D eigenvalue weighted by atomic mass is 16.5. The maximum atomic E-state index is 11.1. The summed E-state index contributed by atoms with van der Waals surface area (Å²) in [5.74, 6) is -1.28. The first-order valence-electron chi connectivity index (χ1n) is 3.63. The second-order valence-corrected chi connectivity index (χ2v) is 3.76. The van der Waals surface area contributed by atoms with Crippen LogP contribution in [0.1, 0.15) is 20.8 Å². The Labute approximate surface area is 70.4 Å². The van der Waals surface area contributed by atoms with Crippen molar-refractivity contribution < 1.29 is 14.8 Å². The molecule has 1 heterocycles. The lowest BCUT2D eigenvalue weighted by molar-refractivity contribution is -0.170. The van der Waals surface area contributed by atoms with Crippen LogP contribution in [0.5, 0.6) is 0 Å². The molecule has 4 nitrogen and oxygen atoms in total. The third-order valence-corrected chi connectivity index (χ3v) is 1.71. The van der Waals surface area contributed by atoms with Crippen molar-refractivity contribution in [1.29, 1.82) is 0 Å². The van der Waals surface area contributed by atoms with Crippen LogP contribution in [-0.2, 0) is 9.59 Å². The molecule has 0 radical (unpaired) electrons. The van der Waals surface area contributed by atoms with Gasteiger partial charge < -0.3 is 0 Å². The fraction of sp³-hybridized carbons (Fsp3) is 0.500. The molecule has 0 saturated carbocycles. The van der Waals surface area contributed by atoms with E-state index in [0.29, 0.717) is 5.57 Å². The molecule has 0 aliphatic carbocycles. The molecule has 0 spiro atoms. The highest BCUT2D eigenvalue weighted by molar-refractivity contribution is 6.15. The predicted molar refractivity (Wildman–Crippen MR) is 41.2 cm³/mol. The van der Waals surface area contributed by atoms with Gasteiger partial charge in [0.25, 0.3) is 11.8 Å². The number of carbonyl (C=O) groups excluding carboxylic acids is 2. The van der Waals surface area contributed by atoms with Crippen LogP contribution in [0.15, 0.2) is 11.6 Å². The first kappa shape index (κ1) is 8.93. The summed E-state index contributed by atoms with van der Waals surface area (Å²) in [5, 5.41) is 9.02. The van der Waals surface area contributed by atoms with E-state index < -0.39 is 17.2 Å². The maximum Gasteiger partial charge on any atom is 0.281 e. The van der Waals surface area contributed by atoms with Gasteiger partial charge >= 0.3 is 0 Å². The van der Waals surface area contributed by atoms with Crippen molar-refractivity contribution in [3.8, 4) is 0 Å². The first-order chi connectivity index (χ1) is 5.34. The number of carbonyl (C=O) groups is 2. The number of hydrogen-bond acceptors (Lipinski definition) is 3. The van der Waals surface area contributed by atoms with Crippen LogP contribution < -0.4 is 0 Å². The number of hydrogen-bond donors (Lipinski definition) is 1. The van der Waals surface area contributed by atoms with Gasteiger partial charge in [-0.15, -0.1) is 5.06 Å². The maximum absolute atomic E-state index is 11.1. The van der Waals surface area contributed by atoms with E-state index in [1.165, 1.54) is 6.08 Å². The molecule has 1 N–H and O–H groups in total. The zero-order valence-corrected chi connectivity index (χ0v) is 7.29. The Bertz CT molecular complexity index is 273. The summed E-state index contributed by atoms with van der Waals surface area (Å²) in [4.78, 5) is 22.0. The fourth-order valence-electron chi connectivity index (χ4n) is 0.998. The monoisotopic (exact) mass is 169 g/mol. The minimum Gasteiger partial charge on any atom is -0.278 e. The van der Waals surface area contributed by atoms with Crippen LogP contribution in [0.3, 0.4) is 0 Å². The van der Waals surface area contributed by atoms with Crippen LogP contribution in [0.25, 0.3) is 0 Å². The van der Waals surface area contributed by atoms with Gasteiger partial charge in [0.05, 0.1) is 0 Å². The summed E-state index contributed by atoms with van der Waals surface area (Å²) in [6.45, 7) is 5.43. The smallest absolute Gasteiger partial charge is 0.278 e. The topological polar surface area (TPSA) is 57.6 Å². The Morgan fingerprint density at radius 2 is 1.83 bits per heavy atom. The van der Waals surface area contributed by atoms with Gasteiger partial charge in [-0.3, -0.25) is 14.8 Å². The average molecular weight is 169 g/mol. The van der Waals surface area contributed by atoms with E-state index in [2.05, 4.69) is 0 Å². The van der Waals surface area contributed by atoms with Crippen molar-refractivity contribution in [3.05, 3.63) is 11.6 Å². The lowest BCUT2D eigenvalue weighted by atomic mass is 9.87. The molecule has 2 amide bonds. The van der Waals surface area contributed by atoms with Crippen molar-refractivity contribution >= 4 is 11.8 Å². The van der Waals surface area contributed by atoms with Gasteiger partial charge in [-0.1, -0.05) is 20.8 Å². The molecule has 1 rings (SSSR count). The number of hydroxylamine groups is 2. The van der Waals surface area contributed by atoms with E-state index in [0.717, 1.165) is 0 Å². The van der Waals surface area contributed by atoms with E-state index in [4.69, 9.17) is 5.21 Å². The summed E-state index contributed by atoms with van der Waals surface area (Å²) in [7, 11) is 0. The number of rotatable bonds is 0. The molecule has 4 heteroatoms. The summed E-state index contributed by atoms with van der Waals surface area (Å²) >= 11 is 0. The summed E-state index contributed by atoms with van der Waals surface area (Å²) in [5.41, 5.74) is -0.0560. The normalized spacial score (nSPS) is 18.7. The molecule has 1 aliphatic heterocycles. The third kappa shape index (κ3) is 1.25. The Hall–Kier alpha value is -1.16. The Morgan fingerprint density at radius 3 is 2.00 bits per heavy atom. The quantitative estimate of drug-likeness (QED) is 0.429. The van der Waals surface area contributed by atoms with Crippen molar-refractivity contribution in [2.24, 2.45) is 5.41 Å². The van der Waals surface area contributed by atoms with Crippen molar-refractivity contribution in [2.45, 2.75) is 20.8 Å². The van der Waals surface area contributed by atoms with Crippen LogP contribution in [0, 0.1) is 5.41 Å². The Balaban J connectivity index is 3.03. The van der Waals surface area contributed by atoms with Gasteiger partial charge in [0.15, 0.2) is 0 Å². The highest BCUT2D eigenvalue weighted by Gasteiger charge is 2.36. The highest BCUT2D eigenvalue weighted by Crippen LogP contribution is 2.29. The second-order valence-electron chi connectivity index (χ2n) is 3.76. The van der Waals surface area contributed by atoms with Crippen LogP contribution in [-0.4, -0.2) is 22.1 Å². The van der Waals surface area contributed by atoms with Crippen LogP contribution in [0.2, 0.25) is 0 Å². The Morgan fingerprint density at radius 1 is 1.33 bits per heavy atom. The molecule has 0 bridgehead atoms. The van der Waals surface area contributed by atoms with Gasteiger partial charge in [-0.2, -0.15) is 0 Å². The molecule has 0 saturated heterocycles. The minimum atomic E-state index is -0.662. The van der Waals surface area contributed by atoms with Gasteiger partial charge in [-0.25, -0.2) is 0 Å². The summed E-state index contributed by atoms with van der Waals surface area (Å²) < 4.78 is 0. The van der Waals surface area contributed by atoms with E-state index in [1.807, 2.05) is 20.8 Å². The molecule has 0 atom stereocenters. The minimum absolute atomic E-state index is 0.139. The standard InChI is InChI=1S/C8H11NO3/c1-8(2,3)5-4-6(10)9(12)7(5)11/h4,12H,1-3H3. The predicted octanol–water partition coefficient (Wildman–Crippen LogP) is 0.717. The molecule has 12 heavy (non-hydrogen) atoms. The molecule has 0 aromatic carbocycles. The summed E-state index contributed by atoms with van der Waals surface area (Å²) in [6.07, 6.45) is 1.17. The van der Waals surface area contributed by atoms with Crippen molar-refractivity contribution in [1.82, 2.24) is 5.06 Å². The molecule has 1 aliphatic rings. The molecule has 0 unspecified atom stereocenters. The number of imide groups is 1. The van der Waals surface area contributed by atoms with Gasteiger partial charge in [-0.05, 0) is 5.41 Å². The molecular weight excluding hydrogens is 158 g/mol. The molecule has 0 fully saturated rings. The second kappa shape index (κ2) is 2.42. The summed E-state index contributed by atoms with van der Waals surface area (Å²) in [6, 6.07) is 0. The van der Waals surface area contributed by atoms with Crippen LogP contribution >= 0.6 is 0 Å². The van der Waals surface area contributed by atoms with Crippen molar-refractivity contribution in [2.75, 3.05) is 0 Å². The molecule has 0 aromatic rings. The van der Waals surface area contributed by atoms with Gasteiger partial charge in [0, 0.05) is 11.6 Å². The Kier molecular flexibility index (Phi) is 1.80. The lowest BCUT2D eigenvalue weighted by Gasteiger charge is -2.18. The SMILES string of the molecule is CC(C)(C)C1=CC(=O)N(O)C1=O. The van der Waals surface area contributed by atoms with Crippen molar-refractivity contribution in [3.63, 3.8) is 0 Å². The molecular formula is C8H11NO3. The van der Waals surface area contributed by atoms with Gasteiger partial charge in [0.1, 0.15) is 0 Å².